The minimum Gasteiger partial charge on any atom is -0.481 e. The molecule has 0 atom stereocenters. The van der Waals surface area contributed by atoms with E-state index in [1.54, 1.807) is 0 Å². The second kappa shape index (κ2) is 21.7. The Morgan fingerprint density at radius 2 is 0.951 bits per heavy atom. The van der Waals surface area contributed by atoms with Gasteiger partial charge in [0.25, 0.3) is 23.6 Å². The summed E-state index contributed by atoms with van der Waals surface area (Å²) in [5.74, 6) is -3.15. The third kappa shape index (κ3) is 16.6. The van der Waals surface area contributed by atoms with E-state index in [1.807, 2.05) is 0 Å². The highest BCUT2D eigenvalue weighted by Crippen LogP contribution is 2.06. The lowest BCUT2D eigenvalue weighted by Crippen LogP contribution is -2.32. The Morgan fingerprint density at radius 3 is 1.29 bits per heavy atom. The molecule has 2 rings (SSSR count). The number of aliphatic hydroxyl groups is 1. The van der Waals surface area contributed by atoms with Crippen molar-refractivity contribution in [1.82, 2.24) is 9.80 Å². The number of nitrogens with zero attached hydrogens (tertiary/aromatic N) is 2. The van der Waals surface area contributed by atoms with E-state index < -0.39 is 29.6 Å². The van der Waals surface area contributed by atoms with E-state index in [-0.39, 0.29) is 95.6 Å². The standard InChI is InChI=1S/C13H17NO6.C12H15NO6.CH4O/c1-19-13(18)6-9-20-8-5-10(15)4-7-14-11(16)2-3-12(14)17;14-9(4-7-19-8-5-12(17)18)3-6-13-10(15)1-2-11(13)16;1-2/h2-3H,4-9H2,1H3;1-2H,3-8H2,(H,17,18);2H,1H3. The molecule has 0 saturated heterocycles. The highest BCUT2D eigenvalue weighted by Gasteiger charge is 2.24. The topological polar surface area (TPSA) is 211 Å². The van der Waals surface area contributed by atoms with E-state index >= 15 is 0 Å². The van der Waals surface area contributed by atoms with Crippen LogP contribution in [0.15, 0.2) is 24.3 Å². The van der Waals surface area contributed by atoms with E-state index in [9.17, 15) is 38.4 Å². The number of amides is 4. The molecular weight excluding hydrogens is 548 g/mol. The van der Waals surface area contributed by atoms with Gasteiger partial charge in [-0.05, 0) is 0 Å². The lowest BCUT2D eigenvalue weighted by Gasteiger charge is -2.12. The van der Waals surface area contributed by atoms with Crippen molar-refractivity contribution in [1.29, 1.82) is 0 Å². The molecule has 0 unspecified atom stereocenters. The summed E-state index contributed by atoms with van der Waals surface area (Å²) in [4.78, 5) is 90.8. The summed E-state index contributed by atoms with van der Waals surface area (Å²) in [6.07, 6.45) is 5.27. The summed E-state index contributed by atoms with van der Waals surface area (Å²) < 4.78 is 14.5. The number of esters is 1. The molecule has 2 aliphatic rings. The van der Waals surface area contributed by atoms with Crippen LogP contribution in [0.25, 0.3) is 0 Å². The summed E-state index contributed by atoms with van der Waals surface area (Å²) >= 11 is 0. The first-order chi connectivity index (χ1) is 19.5. The lowest BCUT2D eigenvalue weighted by atomic mass is 10.2. The first kappa shape index (κ1) is 36.9. The van der Waals surface area contributed by atoms with Gasteiger partial charge >= 0.3 is 11.9 Å². The molecule has 41 heavy (non-hydrogen) atoms. The highest BCUT2D eigenvalue weighted by molar-refractivity contribution is 6.13. The van der Waals surface area contributed by atoms with E-state index in [0.717, 1.165) is 16.9 Å². The molecule has 0 aliphatic carbocycles. The van der Waals surface area contributed by atoms with Crippen LogP contribution in [-0.4, -0.2) is 121 Å². The number of aliphatic carboxylic acids is 1. The number of carbonyl (C=O) groups excluding carboxylic acids is 7. The van der Waals surface area contributed by atoms with Gasteiger partial charge in [0.2, 0.25) is 0 Å². The Labute approximate surface area is 236 Å². The molecule has 0 aromatic carbocycles. The number of methoxy groups -OCH3 is 1. The molecule has 0 aromatic rings. The second-order valence-corrected chi connectivity index (χ2v) is 8.09. The number of ether oxygens (including phenoxy) is 3. The highest BCUT2D eigenvalue weighted by atomic mass is 16.5. The molecule has 15 nitrogen and oxygen atoms in total. The summed E-state index contributed by atoms with van der Waals surface area (Å²) in [7, 11) is 2.29. The quantitative estimate of drug-likeness (QED) is 0.115. The molecule has 15 heteroatoms. The van der Waals surface area contributed by atoms with Crippen LogP contribution in [0.2, 0.25) is 0 Å². The third-order valence-corrected chi connectivity index (χ3v) is 5.22. The summed E-state index contributed by atoms with van der Waals surface area (Å²) in [5.41, 5.74) is 0. The average molecular weight is 585 g/mol. The van der Waals surface area contributed by atoms with Crippen molar-refractivity contribution in [2.75, 3.05) is 53.7 Å². The van der Waals surface area contributed by atoms with Gasteiger partial charge in [0, 0.05) is 70.2 Å². The molecule has 0 radical (unpaired) electrons. The van der Waals surface area contributed by atoms with Crippen LogP contribution in [0.4, 0.5) is 0 Å². The SMILES string of the molecule is CO.COC(=O)CCOCCC(=O)CCN1C(=O)C=CC1=O.O=C(O)CCOCCC(=O)CCN1C(=O)C=CC1=O. The maximum atomic E-state index is 11.5. The molecular formula is C26H36N2O13. The van der Waals surface area contributed by atoms with Crippen LogP contribution in [0, 0.1) is 0 Å². The van der Waals surface area contributed by atoms with Gasteiger partial charge in [-0.25, -0.2) is 0 Å². The lowest BCUT2D eigenvalue weighted by molar-refractivity contribution is -0.142. The van der Waals surface area contributed by atoms with Gasteiger partial charge in [0.15, 0.2) is 0 Å². The molecule has 228 valence electrons. The van der Waals surface area contributed by atoms with Gasteiger partial charge in [-0.3, -0.25) is 48.2 Å². The zero-order valence-electron chi connectivity index (χ0n) is 23.1. The molecule has 0 aromatic heterocycles. The average Bonchev–Trinajstić information content (AvgIpc) is 3.45. The number of hydrogen-bond acceptors (Lipinski definition) is 12. The maximum absolute atomic E-state index is 11.5. The Kier molecular flexibility index (Phi) is 19.5. The van der Waals surface area contributed by atoms with Gasteiger partial charge in [0.05, 0.1) is 46.4 Å². The molecule has 0 bridgehead atoms. The van der Waals surface area contributed by atoms with Crippen LogP contribution >= 0.6 is 0 Å². The van der Waals surface area contributed by atoms with Gasteiger partial charge < -0.3 is 24.4 Å². The molecule has 2 N–H and O–H groups in total. The predicted molar refractivity (Wildman–Crippen MR) is 139 cm³/mol. The van der Waals surface area contributed by atoms with Crippen molar-refractivity contribution < 1.29 is 62.8 Å². The van der Waals surface area contributed by atoms with Crippen molar-refractivity contribution in [3.63, 3.8) is 0 Å². The van der Waals surface area contributed by atoms with Crippen molar-refractivity contribution in [2.45, 2.75) is 38.5 Å². The van der Waals surface area contributed by atoms with Crippen molar-refractivity contribution in [2.24, 2.45) is 0 Å². The molecule has 0 fully saturated rings. The normalized spacial score (nSPS) is 13.5. The number of hydrogen-bond donors (Lipinski definition) is 2. The van der Waals surface area contributed by atoms with E-state index in [2.05, 4.69) is 4.74 Å². The Morgan fingerprint density at radius 1 is 0.610 bits per heavy atom. The van der Waals surface area contributed by atoms with Crippen molar-refractivity contribution in [3.05, 3.63) is 24.3 Å². The van der Waals surface area contributed by atoms with Crippen molar-refractivity contribution >= 4 is 47.1 Å². The third-order valence-electron chi connectivity index (χ3n) is 5.22. The van der Waals surface area contributed by atoms with Crippen LogP contribution in [-0.2, 0) is 52.6 Å². The molecule has 4 amide bonds. The van der Waals surface area contributed by atoms with E-state index in [4.69, 9.17) is 19.7 Å². The second-order valence-electron chi connectivity index (χ2n) is 8.09. The smallest absolute Gasteiger partial charge is 0.307 e. The maximum Gasteiger partial charge on any atom is 0.307 e. The number of carbonyl (C=O) groups is 8. The Bertz CT molecular complexity index is 967. The number of ketones is 2. The molecule has 0 saturated carbocycles. The van der Waals surface area contributed by atoms with Gasteiger partial charge in [0.1, 0.15) is 11.6 Å². The van der Waals surface area contributed by atoms with Crippen LogP contribution in [0.3, 0.4) is 0 Å². The van der Waals surface area contributed by atoms with Crippen LogP contribution < -0.4 is 0 Å². The number of imide groups is 2. The fourth-order valence-electron chi connectivity index (χ4n) is 3.02. The Hall–Kier alpha value is -4.08. The fourth-order valence-corrected chi connectivity index (χ4v) is 3.02. The minimum atomic E-state index is -0.954. The number of carboxylic acids is 1. The van der Waals surface area contributed by atoms with E-state index in [1.165, 1.54) is 31.4 Å². The number of aliphatic hydroxyl groups excluding tert-OH is 1. The zero-order chi connectivity index (χ0) is 31.2. The zero-order valence-corrected chi connectivity index (χ0v) is 23.1. The number of rotatable bonds is 18. The summed E-state index contributed by atoms with van der Waals surface area (Å²) in [6, 6.07) is 0. The van der Waals surface area contributed by atoms with E-state index in [0.29, 0.717) is 0 Å². The van der Waals surface area contributed by atoms with Gasteiger partial charge in [-0.1, -0.05) is 0 Å². The van der Waals surface area contributed by atoms with Gasteiger partial charge in [-0.15, -0.1) is 0 Å². The van der Waals surface area contributed by atoms with Crippen LogP contribution in [0.1, 0.15) is 38.5 Å². The first-order valence-electron chi connectivity index (χ1n) is 12.5. The molecule has 0 spiro atoms. The molecule has 2 aliphatic heterocycles. The Balaban J connectivity index is 0.000000737. The van der Waals surface area contributed by atoms with Crippen LogP contribution in [0.5, 0.6) is 0 Å². The number of Topliss-reactive ketones (excluding diaryl/α,β-unsaturated/α-hetero) is 2. The van der Waals surface area contributed by atoms with Gasteiger partial charge in [-0.2, -0.15) is 0 Å². The first-order valence-corrected chi connectivity index (χ1v) is 12.5. The fraction of sp³-hybridized carbons (Fsp3) is 0.538. The van der Waals surface area contributed by atoms with Crippen molar-refractivity contribution in [3.8, 4) is 0 Å². The number of carboxylic acid groups (broad SMARTS) is 1. The predicted octanol–water partition coefficient (Wildman–Crippen LogP) is -0.799. The molecule has 2 heterocycles. The minimum absolute atomic E-state index is 0.0651. The summed E-state index contributed by atoms with van der Waals surface area (Å²) in [5, 5.41) is 15.4. The largest absolute Gasteiger partial charge is 0.481 e. The monoisotopic (exact) mass is 584 g/mol. The summed E-state index contributed by atoms with van der Waals surface area (Å²) in [6.45, 7) is 0.773.